The van der Waals surface area contributed by atoms with Gasteiger partial charge >= 0.3 is 36.4 Å². The number of rotatable bonds is 13. The van der Waals surface area contributed by atoms with Crippen LogP contribution in [0, 0.1) is 5.92 Å². The number of alkyl halides is 9. The van der Waals surface area contributed by atoms with Gasteiger partial charge in [0.15, 0.2) is 0 Å². The highest BCUT2D eigenvalue weighted by molar-refractivity contribution is 5.73. The second-order valence-corrected chi connectivity index (χ2v) is 9.67. The first-order valence-electron chi connectivity index (χ1n) is 13.8. The second-order valence-electron chi connectivity index (χ2n) is 9.67. The molecule has 0 radical (unpaired) electrons. The molecule has 0 aliphatic rings. The average Bonchev–Trinajstić information content (AvgIpc) is 2.98. The summed E-state index contributed by atoms with van der Waals surface area (Å²) in [4.78, 5) is 26.7. The smallest absolute Gasteiger partial charge is 0.475 e. The normalized spacial score (nSPS) is 11.9. The Hall–Kier alpha value is -3.90. The van der Waals surface area contributed by atoms with E-state index in [0.29, 0.717) is 12.5 Å². The lowest BCUT2D eigenvalue weighted by Gasteiger charge is -2.18. The highest BCUT2D eigenvalue weighted by Crippen LogP contribution is 2.17. The van der Waals surface area contributed by atoms with Gasteiger partial charge in [0.05, 0.1) is 0 Å². The molecule has 0 saturated carbocycles. The maximum absolute atomic E-state index is 10.6. The minimum Gasteiger partial charge on any atom is -0.475 e. The molecule has 2 aromatic carbocycles. The van der Waals surface area contributed by atoms with Gasteiger partial charge in [0.1, 0.15) is 0 Å². The van der Waals surface area contributed by atoms with Crippen LogP contribution in [0.15, 0.2) is 60.7 Å². The third-order valence-corrected chi connectivity index (χ3v) is 5.76. The van der Waals surface area contributed by atoms with Crippen molar-refractivity contribution in [3.8, 4) is 0 Å². The van der Waals surface area contributed by atoms with Crippen LogP contribution in [0.1, 0.15) is 36.8 Å². The van der Waals surface area contributed by atoms with Gasteiger partial charge in [-0.3, -0.25) is 0 Å². The lowest BCUT2D eigenvalue weighted by atomic mass is 9.93. The van der Waals surface area contributed by atoms with E-state index >= 15 is 0 Å². The average molecular weight is 696 g/mol. The van der Waals surface area contributed by atoms with Crippen LogP contribution in [0.4, 0.5) is 39.5 Å². The summed E-state index contributed by atoms with van der Waals surface area (Å²) < 4.78 is 95.2. The molecule has 0 fully saturated rings. The highest BCUT2D eigenvalue weighted by atomic mass is 19.4. The van der Waals surface area contributed by atoms with Crippen LogP contribution >= 0.6 is 0 Å². The molecule has 0 aromatic heterocycles. The van der Waals surface area contributed by atoms with Gasteiger partial charge in [0, 0.05) is 12.6 Å². The van der Waals surface area contributed by atoms with E-state index in [-0.39, 0.29) is 6.04 Å². The van der Waals surface area contributed by atoms with Gasteiger partial charge in [-0.1, -0.05) is 60.7 Å². The summed E-state index contributed by atoms with van der Waals surface area (Å²) in [5.74, 6) is -7.58. The third-order valence-electron chi connectivity index (χ3n) is 5.76. The molecular weight excluding hydrogens is 657 g/mol. The van der Waals surface area contributed by atoms with Crippen LogP contribution in [0.2, 0.25) is 0 Å². The Labute approximate surface area is 264 Å². The van der Waals surface area contributed by atoms with Crippen molar-refractivity contribution in [2.75, 3.05) is 19.6 Å². The minimum atomic E-state index is -5.08. The van der Waals surface area contributed by atoms with E-state index in [2.05, 4.69) is 66.0 Å². The number of hydrogen-bond donors (Lipinski definition) is 6. The Morgan fingerprint density at radius 1 is 0.638 bits per heavy atom. The Morgan fingerprint density at radius 3 is 1.23 bits per heavy atom. The van der Waals surface area contributed by atoms with Gasteiger partial charge in [-0.15, -0.1) is 0 Å². The molecule has 0 aliphatic heterocycles. The van der Waals surface area contributed by atoms with E-state index in [4.69, 9.17) is 41.2 Å². The number of aliphatic carboxylic acids is 3. The van der Waals surface area contributed by atoms with E-state index in [1.807, 2.05) is 0 Å². The first-order valence-corrected chi connectivity index (χ1v) is 13.8. The van der Waals surface area contributed by atoms with Crippen molar-refractivity contribution in [2.24, 2.45) is 17.4 Å². The quantitative estimate of drug-likeness (QED) is 0.118. The summed E-state index contributed by atoms with van der Waals surface area (Å²) in [5, 5.41) is 25.0. The highest BCUT2D eigenvalue weighted by Gasteiger charge is 2.39. The summed E-state index contributed by atoms with van der Waals surface area (Å²) in [5.41, 5.74) is 14.3. The summed E-state index contributed by atoms with van der Waals surface area (Å²) in [7, 11) is 0. The topological polar surface area (TPSA) is 176 Å². The van der Waals surface area contributed by atoms with Crippen molar-refractivity contribution in [2.45, 2.75) is 63.1 Å². The molecule has 0 unspecified atom stereocenters. The summed E-state index contributed by atoms with van der Waals surface area (Å²) in [6.07, 6.45) is -8.39. The van der Waals surface area contributed by atoms with Crippen LogP contribution in [-0.4, -0.2) is 77.4 Å². The number of halogens is 9. The van der Waals surface area contributed by atoms with Gasteiger partial charge in [-0.25, -0.2) is 14.4 Å². The van der Waals surface area contributed by atoms with Gasteiger partial charge in [0.2, 0.25) is 0 Å². The van der Waals surface area contributed by atoms with Crippen LogP contribution in [0.3, 0.4) is 0 Å². The first-order chi connectivity index (χ1) is 21.6. The zero-order valence-corrected chi connectivity index (χ0v) is 24.9. The summed E-state index contributed by atoms with van der Waals surface area (Å²) >= 11 is 0. The van der Waals surface area contributed by atoms with Crippen LogP contribution < -0.4 is 16.8 Å². The van der Waals surface area contributed by atoms with Gasteiger partial charge < -0.3 is 32.1 Å². The van der Waals surface area contributed by atoms with E-state index in [9.17, 15) is 39.5 Å². The first kappa shape index (κ1) is 45.2. The Morgan fingerprint density at radius 2 is 0.957 bits per heavy atom. The molecule has 9 nitrogen and oxygen atoms in total. The van der Waals surface area contributed by atoms with Crippen LogP contribution in [0.5, 0.6) is 0 Å². The fraction of sp³-hybridized carbons (Fsp3) is 0.483. The van der Waals surface area contributed by atoms with Gasteiger partial charge in [-0.2, -0.15) is 39.5 Å². The number of aryl methyl sites for hydroxylation is 2. The molecule has 0 aliphatic carbocycles. The number of carboxylic acid groups (broad SMARTS) is 3. The zero-order chi connectivity index (χ0) is 36.7. The van der Waals surface area contributed by atoms with E-state index in [0.717, 1.165) is 38.8 Å². The number of carbonyl (C=O) groups is 3. The predicted octanol–water partition coefficient (Wildman–Crippen LogP) is 5.42. The van der Waals surface area contributed by atoms with Crippen molar-refractivity contribution in [1.82, 2.24) is 5.32 Å². The number of nitrogens with two attached hydrogens (primary N) is 2. The summed E-state index contributed by atoms with van der Waals surface area (Å²) in [6, 6.07) is 21.8. The molecular formula is C29H38F9N3O6. The van der Waals surface area contributed by atoms with Crippen molar-refractivity contribution < 1.29 is 69.2 Å². The molecule has 0 heterocycles. The molecule has 1 atom stereocenters. The van der Waals surface area contributed by atoms with E-state index in [1.165, 1.54) is 24.0 Å². The zero-order valence-electron chi connectivity index (χ0n) is 24.9. The molecule has 47 heavy (non-hydrogen) atoms. The van der Waals surface area contributed by atoms with Crippen molar-refractivity contribution in [3.63, 3.8) is 0 Å². The third kappa shape index (κ3) is 27.0. The number of benzene rings is 2. The fourth-order valence-electron chi connectivity index (χ4n) is 3.29. The minimum absolute atomic E-state index is 0.142. The van der Waals surface area contributed by atoms with Crippen LogP contribution in [-0.2, 0) is 27.2 Å². The van der Waals surface area contributed by atoms with E-state index in [1.54, 1.807) is 0 Å². The predicted molar refractivity (Wildman–Crippen MR) is 153 cm³/mol. The standard InChI is InChI=1S/C23H35N3.3C2HF3O2/c24-18-23(25)12-7-17-26-19-22(15-13-20-8-3-1-4-9-20)16-14-21-10-5-2-6-11-21;3*3-2(4,5)1(6)7/h1-6,8-11,22-23,26H,7,12-19,24-25H2;3*(H,6,7)/t23-;;;/m0.../s1. The number of nitrogens with one attached hydrogen (secondary N) is 1. The maximum Gasteiger partial charge on any atom is 0.490 e. The van der Waals surface area contributed by atoms with E-state index < -0.39 is 36.4 Å². The molecule has 2 aromatic rings. The van der Waals surface area contributed by atoms with Crippen molar-refractivity contribution in [1.29, 1.82) is 0 Å². The summed E-state index contributed by atoms with van der Waals surface area (Å²) in [6.45, 7) is 2.69. The molecule has 268 valence electrons. The molecule has 0 spiro atoms. The SMILES string of the molecule is NC[C@@H](N)CCCNCC(CCc1ccccc1)CCc1ccccc1.O=C(O)C(F)(F)F.O=C(O)C(F)(F)F.O=C(O)C(F)(F)F. The Balaban J connectivity index is 0. The molecule has 0 bridgehead atoms. The lowest BCUT2D eigenvalue weighted by molar-refractivity contribution is -0.193. The fourth-order valence-corrected chi connectivity index (χ4v) is 3.29. The van der Waals surface area contributed by atoms with Crippen LogP contribution in [0.25, 0.3) is 0 Å². The Kier molecular flexibility index (Phi) is 22.5. The second kappa shape index (κ2) is 23.4. The van der Waals surface area contributed by atoms with Crippen molar-refractivity contribution in [3.05, 3.63) is 71.8 Å². The number of hydrogen-bond acceptors (Lipinski definition) is 6. The monoisotopic (exact) mass is 695 g/mol. The molecule has 18 heteroatoms. The molecule has 8 N–H and O–H groups in total. The molecule has 0 saturated heterocycles. The number of carboxylic acids is 3. The maximum atomic E-state index is 10.6. The van der Waals surface area contributed by atoms with Crippen molar-refractivity contribution >= 4 is 17.9 Å². The molecule has 0 amide bonds. The van der Waals surface area contributed by atoms with Gasteiger partial charge in [0.25, 0.3) is 0 Å². The largest absolute Gasteiger partial charge is 0.490 e. The lowest BCUT2D eigenvalue weighted by Crippen LogP contribution is -2.31. The molecule has 2 rings (SSSR count). The van der Waals surface area contributed by atoms with Gasteiger partial charge in [-0.05, 0) is 68.7 Å². The Bertz CT molecular complexity index is 1030.